The molecule has 7 heteroatoms. The lowest BCUT2D eigenvalue weighted by molar-refractivity contribution is 0.188. The predicted molar refractivity (Wildman–Crippen MR) is 98.7 cm³/mol. The van der Waals surface area contributed by atoms with E-state index in [4.69, 9.17) is 8.85 Å². The molecule has 0 radical (unpaired) electrons. The van der Waals surface area contributed by atoms with Crippen molar-refractivity contribution >= 4 is 8.56 Å². The zero-order valence-corrected chi connectivity index (χ0v) is 16.3. The van der Waals surface area contributed by atoms with Gasteiger partial charge in [0.05, 0.1) is 0 Å². The molecule has 0 fully saturated rings. The molecule has 0 atom stereocenters. The average Bonchev–Trinajstić information content (AvgIpc) is 2.52. The number of rotatable bonds is 13. The van der Waals surface area contributed by atoms with Crippen LogP contribution in [0.5, 0.6) is 0 Å². The summed E-state index contributed by atoms with van der Waals surface area (Å²) in [7, 11) is -1.95. The van der Waals surface area contributed by atoms with E-state index in [0.717, 1.165) is 38.5 Å². The van der Waals surface area contributed by atoms with Gasteiger partial charge in [-0.25, -0.2) is 4.79 Å². The quantitative estimate of drug-likeness (QED) is 0.435. The second kappa shape index (κ2) is 11.4. The van der Waals surface area contributed by atoms with E-state index < -0.39 is 8.56 Å². The maximum Gasteiger partial charge on any atom is 0.334 e. The molecule has 0 aliphatic rings. The van der Waals surface area contributed by atoms with E-state index in [-0.39, 0.29) is 11.2 Å². The van der Waals surface area contributed by atoms with E-state index >= 15 is 0 Å². The highest BCUT2D eigenvalue weighted by atomic mass is 28.4. The molecule has 0 bridgehead atoms. The second-order valence-electron chi connectivity index (χ2n) is 6.17. The summed E-state index contributed by atoms with van der Waals surface area (Å²) >= 11 is 0. The van der Waals surface area contributed by atoms with Gasteiger partial charge in [-0.1, -0.05) is 32.1 Å². The zero-order valence-electron chi connectivity index (χ0n) is 15.3. The fourth-order valence-electron chi connectivity index (χ4n) is 2.85. The molecule has 1 aromatic rings. The molecule has 1 heterocycles. The minimum absolute atomic E-state index is 0.321. The van der Waals surface area contributed by atoms with Crippen molar-refractivity contribution in [3.05, 3.63) is 33.1 Å². The van der Waals surface area contributed by atoms with E-state index in [0.29, 0.717) is 6.54 Å². The lowest BCUT2D eigenvalue weighted by Gasteiger charge is -2.25. The van der Waals surface area contributed by atoms with Gasteiger partial charge >= 0.3 is 14.3 Å². The van der Waals surface area contributed by atoms with Gasteiger partial charge in [0.2, 0.25) is 0 Å². The minimum Gasteiger partial charge on any atom is -0.395 e. The summed E-state index contributed by atoms with van der Waals surface area (Å²) in [5, 5.41) is 0. The van der Waals surface area contributed by atoms with Crippen molar-refractivity contribution in [3.8, 4) is 0 Å². The van der Waals surface area contributed by atoms with Crippen LogP contribution in [-0.4, -0.2) is 31.3 Å². The highest BCUT2D eigenvalue weighted by Crippen LogP contribution is 2.18. The van der Waals surface area contributed by atoms with Crippen molar-refractivity contribution in [1.82, 2.24) is 9.55 Å². The molecule has 1 aromatic heterocycles. The van der Waals surface area contributed by atoms with Crippen LogP contribution in [0.3, 0.4) is 0 Å². The van der Waals surface area contributed by atoms with E-state index in [1.165, 1.54) is 25.3 Å². The molecular formula is C17H32N2O4Si. The van der Waals surface area contributed by atoms with Crippen molar-refractivity contribution in [2.75, 3.05) is 13.2 Å². The molecule has 0 spiro atoms. The van der Waals surface area contributed by atoms with Crippen LogP contribution in [0.4, 0.5) is 0 Å². The van der Waals surface area contributed by atoms with Crippen LogP contribution in [-0.2, 0) is 15.4 Å². The molecule has 1 N–H and O–H groups in total. The number of hydrogen-bond acceptors (Lipinski definition) is 4. The molecule has 0 aliphatic carbocycles. The molecule has 0 unspecified atom stereocenters. The monoisotopic (exact) mass is 356 g/mol. The largest absolute Gasteiger partial charge is 0.395 e. The van der Waals surface area contributed by atoms with Gasteiger partial charge in [-0.3, -0.25) is 9.78 Å². The van der Waals surface area contributed by atoms with Gasteiger partial charge < -0.3 is 13.4 Å². The van der Waals surface area contributed by atoms with Crippen molar-refractivity contribution < 1.29 is 8.85 Å². The zero-order chi connectivity index (χ0) is 17.8. The SMILES string of the molecule is CCO[Si](C)(CCCCCCCCn1ccc(=O)[nH]c1=O)OCC. The van der Waals surface area contributed by atoms with Crippen LogP contribution in [0.15, 0.2) is 21.9 Å². The standard InChI is InChI=1S/C17H32N2O4Si/c1-4-22-24(3,23-5-2)15-11-9-7-6-8-10-13-19-14-12-16(20)18-17(19)21/h12,14H,4-11,13,15H2,1-3H3,(H,18,20,21). The van der Waals surface area contributed by atoms with Gasteiger partial charge in [0.25, 0.3) is 5.56 Å². The third kappa shape index (κ3) is 8.08. The van der Waals surface area contributed by atoms with Gasteiger partial charge in [0.15, 0.2) is 0 Å². The molecule has 0 saturated carbocycles. The van der Waals surface area contributed by atoms with Gasteiger partial charge in [-0.15, -0.1) is 0 Å². The Morgan fingerprint density at radius 2 is 1.58 bits per heavy atom. The summed E-state index contributed by atoms with van der Waals surface area (Å²) < 4.78 is 13.2. The first kappa shape index (κ1) is 20.9. The lowest BCUT2D eigenvalue weighted by atomic mass is 10.1. The molecule has 1 rings (SSSR count). The molecular weight excluding hydrogens is 324 g/mol. The first-order chi connectivity index (χ1) is 11.5. The first-order valence-electron chi connectivity index (χ1n) is 9.08. The summed E-state index contributed by atoms with van der Waals surface area (Å²) in [6.07, 6.45) is 8.33. The smallest absolute Gasteiger partial charge is 0.334 e. The maximum atomic E-state index is 11.5. The third-order valence-electron chi connectivity index (χ3n) is 4.08. The summed E-state index contributed by atoms with van der Waals surface area (Å²) in [6.45, 7) is 8.33. The Morgan fingerprint density at radius 1 is 1.00 bits per heavy atom. The Kier molecular flexibility index (Phi) is 9.90. The molecule has 0 aromatic carbocycles. The third-order valence-corrected chi connectivity index (χ3v) is 7.14. The summed E-state index contributed by atoms with van der Waals surface area (Å²) in [6, 6.07) is 2.44. The highest BCUT2D eigenvalue weighted by Gasteiger charge is 2.29. The average molecular weight is 357 g/mol. The number of nitrogens with one attached hydrogen (secondary N) is 1. The van der Waals surface area contributed by atoms with Crippen LogP contribution in [0, 0.1) is 0 Å². The summed E-state index contributed by atoms with van der Waals surface area (Å²) in [4.78, 5) is 24.8. The van der Waals surface area contributed by atoms with Crippen molar-refractivity contribution in [1.29, 1.82) is 0 Å². The minimum atomic E-state index is -1.95. The second-order valence-corrected chi connectivity index (χ2v) is 9.52. The van der Waals surface area contributed by atoms with Crippen LogP contribution in [0.25, 0.3) is 0 Å². The lowest BCUT2D eigenvalue weighted by Crippen LogP contribution is -2.38. The number of unbranched alkanes of at least 4 members (excludes halogenated alkanes) is 5. The van der Waals surface area contributed by atoms with Crippen LogP contribution < -0.4 is 11.2 Å². The Balaban J connectivity index is 2.12. The van der Waals surface area contributed by atoms with E-state index in [2.05, 4.69) is 11.5 Å². The number of hydrogen-bond donors (Lipinski definition) is 1. The van der Waals surface area contributed by atoms with Crippen molar-refractivity contribution in [2.24, 2.45) is 0 Å². The van der Waals surface area contributed by atoms with Gasteiger partial charge in [0, 0.05) is 32.0 Å². The van der Waals surface area contributed by atoms with Crippen molar-refractivity contribution in [2.45, 2.75) is 71.5 Å². The molecule has 138 valence electrons. The molecule has 0 aliphatic heterocycles. The number of aromatic amines is 1. The Morgan fingerprint density at radius 3 is 2.17 bits per heavy atom. The Hall–Kier alpha value is -1.18. The van der Waals surface area contributed by atoms with E-state index in [9.17, 15) is 9.59 Å². The highest BCUT2D eigenvalue weighted by molar-refractivity contribution is 6.66. The summed E-state index contributed by atoms with van der Waals surface area (Å²) in [5.74, 6) is 0. The van der Waals surface area contributed by atoms with E-state index in [1.54, 1.807) is 10.8 Å². The molecule has 0 amide bonds. The van der Waals surface area contributed by atoms with Crippen LogP contribution in [0.1, 0.15) is 52.4 Å². The Bertz CT molecular complexity index is 564. The van der Waals surface area contributed by atoms with Crippen LogP contribution >= 0.6 is 0 Å². The summed E-state index contributed by atoms with van der Waals surface area (Å²) in [5.41, 5.74) is -0.663. The molecule has 6 nitrogen and oxygen atoms in total. The van der Waals surface area contributed by atoms with Gasteiger partial charge in [0.1, 0.15) is 0 Å². The van der Waals surface area contributed by atoms with Gasteiger partial charge in [-0.2, -0.15) is 0 Å². The van der Waals surface area contributed by atoms with Gasteiger partial charge in [-0.05, 0) is 32.9 Å². The topological polar surface area (TPSA) is 73.3 Å². The van der Waals surface area contributed by atoms with Crippen molar-refractivity contribution in [3.63, 3.8) is 0 Å². The van der Waals surface area contributed by atoms with E-state index in [1.807, 2.05) is 13.8 Å². The number of nitrogens with zero attached hydrogens (tertiary/aromatic N) is 1. The predicted octanol–water partition coefficient (Wildman–Crippen LogP) is 3.02. The number of H-pyrrole nitrogens is 1. The maximum absolute atomic E-state index is 11.5. The molecule has 24 heavy (non-hydrogen) atoms. The fraction of sp³-hybridized carbons (Fsp3) is 0.765. The first-order valence-corrected chi connectivity index (χ1v) is 11.6. The number of aryl methyl sites for hydroxylation is 1. The Labute approximate surface area is 145 Å². The van der Waals surface area contributed by atoms with Crippen LogP contribution in [0.2, 0.25) is 12.6 Å². The number of aromatic nitrogens is 2. The normalized spacial score (nSPS) is 11.8. The molecule has 0 saturated heterocycles. The fourth-order valence-corrected chi connectivity index (χ4v) is 5.34.